The van der Waals surface area contributed by atoms with E-state index in [2.05, 4.69) is 5.16 Å². The van der Waals surface area contributed by atoms with Crippen molar-refractivity contribution in [1.82, 2.24) is 5.16 Å². The monoisotopic (exact) mass is 397 g/mol. The topological polar surface area (TPSA) is 101 Å². The molecule has 8 heteroatoms. The van der Waals surface area contributed by atoms with Gasteiger partial charge in [0.1, 0.15) is 0 Å². The molecule has 0 amide bonds. The molecule has 1 heterocycles. The fourth-order valence-electron chi connectivity index (χ4n) is 3.50. The molecule has 1 aliphatic rings. The Balaban J connectivity index is 2.19. The van der Waals surface area contributed by atoms with Crippen LogP contribution in [-0.2, 0) is 9.72 Å². The number of carbonyl (C=O) groups is 1. The second-order valence-corrected chi connectivity index (χ2v) is 9.06. The largest absolute Gasteiger partial charge is 0.360 e. The molecule has 0 spiro atoms. The van der Waals surface area contributed by atoms with Gasteiger partial charge in [0.15, 0.2) is 11.5 Å². The minimum Gasteiger partial charge on any atom is -0.360 e. The lowest BCUT2D eigenvalue weighted by Crippen LogP contribution is -2.27. The standard InChI is InChI=1S/C18H21ClNO5P/c1-3-18(4-2,26(22,23)24)15-9-12(19)7-8-13(15)16(21)14-10-20-25-17(14)11-5-6-11/h7-11H,3-6H2,1-2H3,(H2,22,23,24). The Hall–Kier alpha value is -1.46. The predicted octanol–water partition coefficient (Wildman–Crippen LogP) is 4.63. The summed E-state index contributed by atoms with van der Waals surface area (Å²) in [5.74, 6) is 0.390. The molecule has 0 atom stereocenters. The molecule has 0 unspecified atom stereocenters. The van der Waals surface area contributed by atoms with Crippen LogP contribution in [0.4, 0.5) is 0 Å². The zero-order valence-corrected chi connectivity index (χ0v) is 16.3. The maximum atomic E-state index is 13.2. The van der Waals surface area contributed by atoms with E-state index < -0.39 is 12.8 Å². The van der Waals surface area contributed by atoms with Crippen LogP contribution < -0.4 is 0 Å². The molecular weight excluding hydrogens is 377 g/mol. The van der Waals surface area contributed by atoms with Gasteiger partial charge in [-0.2, -0.15) is 0 Å². The summed E-state index contributed by atoms with van der Waals surface area (Å²) in [6, 6.07) is 4.57. The van der Waals surface area contributed by atoms with Crippen molar-refractivity contribution in [2.24, 2.45) is 0 Å². The zero-order chi connectivity index (χ0) is 19.1. The molecular formula is C18H21ClNO5P. The number of rotatable bonds is 7. The Morgan fingerprint density at radius 2 is 1.96 bits per heavy atom. The predicted molar refractivity (Wildman–Crippen MR) is 97.7 cm³/mol. The molecule has 0 saturated heterocycles. The third-order valence-electron chi connectivity index (χ3n) is 5.25. The molecule has 0 bridgehead atoms. The summed E-state index contributed by atoms with van der Waals surface area (Å²) in [6.45, 7) is 3.40. The van der Waals surface area contributed by atoms with E-state index in [4.69, 9.17) is 16.1 Å². The highest BCUT2D eigenvalue weighted by Gasteiger charge is 2.47. The van der Waals surface area contributed by atoms with Crippen LogP contribution in [0.3, 0.4) is 0 Å². The maximum absolute atomic E-state index is 13.2. The SMILES string of the molecule is CCC(CC)(c1cc(Cl)ccc1C(=O)c1cnoc1C1CC1)P(=O)(O)O. The number of benzene rings is 1. The second kappa shape index (κ2) is 6.93. The first kappa shape index (κ1) is 19.3. The number of nitrogens with zero attached hydrogens (tertiary/aromatic N) is 1. The molecule has 1 aromatic heterocycles. The average Bonchev–Trinajstić information content (AvgIpc) is 3.31. The summed E-state index contributed by atoms with van der Waals surface area (Å²) in [6.07, 6.45) is 3.62. The molecule has 1 fully saturated rings. The molecule has 1 saturated carbocycles. The van der Waals surface area contributed by atoms with Crippen LogP contribution in [0.25, 0.3) is 0 Å². The van der Waals surface area contributed by atoms with E-state index >= 15 is 0 Å². The lowest BCUT2D eigenvalue weighted by Gasteiger charge is -2.34. The average molecular weight is 398 g/mol. The van der Waals surface area contributed by atoms with Crippen molar-refractivity contribution in [2.45, 2.75) is 50.6 Å². The summed E-state index contributed by atoms with van der Waals surface area (Å²) in [4.78, 5) is 33.4. The minimum atomic E-state index is -4.56. The fourth-order valence-corrected chi connectivity index (χ4v) is 5.00. The van der Waals surface area contributed by atoms with Crippen LogP contribution in [0, 0.1) is 0 Å². The van der Waals surface area contributed by atoms with Crippen molar-refractivity contribution >= 4 is 25.0 Å². The van der Waals surface area contributed by atoms with Crippen molar-refractivity contribution in [1.29, 1.82) is 0 Å². The van der Waals surface area contributed by atoms with Gasteiger partial charge in [0.2, 0.25) is 0 Å². The summed E-state index contributed by atoms with van der Waals surface area (Å²) in [5, 5.41) is 2.60. The van der Waals surface area contributed by atoms with E-state index in [1.165, 1.54) is 18.3 Å². The Morgan fingerprint density at radius 1 is 1.31 bits per heavy atom. The first-order valence-electron chi connectivity index (χ1n) is 8.60. The van der Waals surface area contributed by atoms with Gasteiger partial charge in [-0.05, 0) is 49.4 Å². The summed E-state index contributed by atoms with van der Waals surface area (Å²) in [7, 11) is -4.56. The smallest absolute Gasteiger partial charge is 0.335 e. The van der Waals surface area contributed by atoms with E-state index in [1.807, 2.05) is 0 Å². The summed E-state index contributed by atoms with van der Waals surface area (Å²) in [5.41, 5.74) is 0.852. The van der Waals surface area contributed by atoms with Crippen LogP contribution in [0.5, 0.6) is 0 Å². The minimum absolute atomic E-state index is 0.174. The Kier molecular flexibility index (Phi) is 5.15. The lowest BCUT2D eigenvalue weighted by molar-refractivity contribution is 0.103. The normalized spacial score (nSPS) is 15.3. The molecule has 1 aliphatic carbocycles. The van der Waals surface area contributed by atoms with E-state index in [0.717, 1.165) is 12.8 Å². The molecule has 140 valence electrons. The van der Waals surface area contributed by atoms with E-state index in [0.29, 0.717) is 16.3 Å². The van der Waals surface area contributed by atoms with Crippen molar-refractivity contribution in [3.8, 4) is 0 Å². The number of carbonyl (C=O) groups excluding carboxylic acids is 1. The van der Waals surface area contributed by atoms with Crippen molar-refractivity contribution < 1.29 is 23.7 Å². The van der Waals surface area contributed by atoms with Gasteiger partial charge in [-0.1, -0.05) is 30.6 Å². The highest BCUT2D eigenvalue weighted by atomic mass is 35.5. The van der Waals surface area contributed by atoms with Crippen molar-refractivity contribution in [3.05, 3.63) is 51.9 Å². The maximum Gasteiger partial charge on any atom is 0.335 e. The van der Waals surface area contributed by atoms with Crippen LogP contribution in [0.1, 0.15) is 72.7 Å². The number of hydrogen-bond acceptors (Lipinski definition) is 4. The molecule has 0 radical (unpaired) electrons. The fraction of sp³-hybridized carbons (Fsp3) is 0.444. The van der Waals surface area contributed by atoms with Crippen LogP contribution >= 0.6 is 19.2 Å². The molecule has 0 aliphatic heterocycles. The first-order chi connectivity index (χ1) is 12.2. The molecule has 3 rings (SSSR count). The van der Waals surface area contributed by atoms with Gasteiger partial charge in [-0.15, -0.1) is 0 Å². The van der Waals surface area contributed by atoms with Gasteiger partial charge in [0.25, 0.3) is 0 Å². The molecule has 2 N–H and O–H groups in total. The Bertz CT molecular complexity index is 879. The van der Waals surface area contributed by atoms with Crippen LogP contribution in [0.15, 0.2) is 28.9 Å². The number of ketones is 1. The van der Waals surface area contributed by atoms with E-state index in [1.54, 1.807) is 19.9 Å². The highest BCUT2D eigenvalue weighted by Crippen LogP contribution is 2.62. The number of aromatic nitrogens is 1. The highest BCUT2D eigenvalue weighted by molar-refractivity contribution is 7.53. The number of hydrogen-bond donors (Lipinski definition) is 2. The Labute approximate surface area is 156 Å². The molecule has 2 aromatic rings. The van der Waals surface area contributed by atoms with Crippen molar-refractivity contribution in [3.63, 3.8) is 0 Å². The van der Waals surface area contributed by atoms with E-state index in [-0.39, 0.29) is 35.7 Å². The van der Waals surface area contributed by atoms with Gasteiger partial charge >= 0.3 is 7.60 Å². The Morgan fingerprint density at radius 3 is 2.50 bits per heavy atom. The van der Waals surface area contributed by atoms with Crippen LogP contribution in [-0.4, -0.2) is 20.7 Å². The van der Waals surface area contributed by atoms with Gasteiger partial charge in [0, 0.05) is 16.5 Å². The summed E-state index contributed by atoms with van der Waals surface area (Å²) >= 11 is 6.11. The van der Waals surface area contributed by atoms with Gasteiger partial charge in [-0.3, -0.25) is 9.36 Å². The second-order valence-electron chi connectivity index (χ2n) is 6.68. The number of halogens is 1. The van der Waals surface area contributed by atoms with E-state index in [9.17, 15) is 19.1 Å². The lowest BCUT2D eigenvalue weighted by atomic mass is 9.86. The van der Waals surface area contributed by atoms with Gasteiger partial charge in [0.05, 0.1) is 16.9 Å². The van der Waals surface area contributed by atoms with Crippen LogP contribution in [0.2, 0.25) is 5.02 Å². The molecule has 26 heavy (non-hydrogen) atoms. The quantitative estimate of drug-likeness (QED) is 0.521. The van der Waals surface area contributed by atoms with Gasteiger partial charge < -0.3 is 14.3 Å². The third kappa shape index (κ3) is 3.16. The first-order valence-corrected chi connectivity index (χ1v) is 10.6. The molecule has 1 aromatic carbocycles. The molecule has 6 nitrogen and oxygen atoms in total. The van der Waals surface area contributed by atoms with Gasteiger partial charge in [-0.25, -0.2) is 0 Å². The third-order valence-corrected chi connectivity index (χ3v) is 7.47. The zero-order valence-electron chi connectivity index (χ0n) is 14.6. The van der Waals surface area contributed by atoms with Crippen molar-refractivity contribution in [2.75, 3.05) is 0 Å². The summed E-state index contributed by atoms with van der Waals surface area (Å²) < 4.78 is 17.6.